The summed E-state index contributed by atoms with van der Waals surface area (Å²) in [4.78, 5) is 12.0. The molecule has 1 aromatic rings. The predicted octanol–water partition coefficient (Wildman–Crippen LogP) is 2.50. The Balaban J connectivity index is 1.96. The van der Waals surface area contributed by atoms with E-state index < -0.39 is 6.10 Å². The highest BCUT2D eigenvalue weighted by atomic mass is 16.3. The molecule has 18 heavy (non-hydrogen) atoms. The number of nitrogens with one attached hydrogen (secondary N) is 1. The second kappa shape index (κ2) is 6.55. The SMILES string of the molecule is O=C(N[C@@H]1CCCCCC[C@H]1O)c1ccccc1. The van der Waals surface area contributed by atoms with Gasteiger partial charge in [0, 0.05) is 5.56 Å². The Morgan fingerprint density at radius 3 is 2.44 bits per heavy atom. The van der Waals surface area contributed by atoms with Gasteiger partial charge in [-0.3, -0.25) is 4.79 Å². The molecule has 2 rings (SSSR count). The topological polar surface area (TPSA) is 49.3 Å². The molecule has 1 fully saturated rings. The molecule has 3 heteroatoms. The van der Waals surface area contributed by atoms with Crippen LogP contribution in [0.4, 0.5) is 0 Å². The van der Waals surface area contributed by atoms with Crippen LogP contribution in [0.5, 0.6) is 0 Å². The van der Waals surface area contributed by atoms with E-state index in [1.165, 1.54) is 12.8 Å². The molecule has 0 aliphatic heterocycles. The second-order valence-corrected chi connectivity index (χ2v) is 5.00. The molecule has 1 aliphatic carbocycles. The Morgan fingerprint density at radius 1 is 1.06 bits per heavy atom. The molecule has 1 aromatic carbocycles. The van der Waals surface area contributed by atoms with Gasteiger partial charge in [0.15, 0.2) is 0 Å². The van der Waals surface area contributed by atoms with Crippen molar-refractivity contribution in [1.82, 2.24) is 5.32 Å². The monoisotopic (exact) mass is 247 g/mol. The van der Waals surface area contributed by atoms with E-state index in [9.17, 15) is 9.90 Å². The number of rotatable bonds is 2. The number of hydrogen-bond acceptors (Lipinski definition) is 2. The Hall–Kier alpha value is -1.35. The van der Waals surface area contributed by atoms with E-state index in [1.54, 1.807) is 12.1 Å². The molecule has 1 saturated carbocycles. The maximum Gasteiger partial charge on any atom is 0.251 e. The minimum atomic E-state index is -0.405. The summed E-state index contributed by atoms with van der Waals surface area (Å²) in [5.41, 5.74) is 0.659. The summed E-state index contributed by atoms with van der Waals surface area (Å²) in [5, 5.41) is 13.0. The Kier molecular flexibility index (Phi) is 4.76. The lowest BCUT2D eigenvalue weighted by molar-refractivity contribution is 0.0771. The first kappa shape index (κ1) is 13.1. The zero-order chi connectivity index (χ0) is 12.8. The fourth-order valence-electron chi connectivity index (χ4n) is 2.47. The molecule has 1 aliphatic rings. The lowest BCUT2D eigenvalue weighted by Crippen LogP contribution is -2.43. The molecular formula is C15H21NO2. The maximum atomic E-state index is 12.0. The molecule has 2 N–H and O–H groups in total. The molecule has 1 amide bonds. The molecule has 0 saturated heterocycles. The fourth-order valence-corrected chi connectivity index (χ4v) is 2.47. The number of carbonyl (C=O) groups is 1. The summed E-state index contributed by atoms with van der Waals surface area (Å²) in [5.74, 6) is -0.0831. The number of aliphatic hydroxyl groups is 1. The van der Waals surface area contributed by atoms with E-state index in [1.807, 2.05) is 18.2 Å². The zero-order valence-corrected chi connectivity index (χ0v) is 10.6. The van der Waals surface area contributed by atoms with E-state index in [4.69, 9.17) is 0 Å². The van der Waals surface area contributed by atoms with Gasteiger partial charge in [0.1, 0.15) is 0 Å². The van der Waals surface area contributed by atoms with Crippen LogP contribution in [-0.4, -0.2) is 23.2 Å². The van der Waals surface area contributed by atoms with Gasteiger partial charge in [0.2, 0.25) is 0 Å². The van der Waals surface area contributed by atoms with Crippen molar-refractivity contribution in [3.8, 4) is 0 Å². The summed E-state index contributed by atoms with van der Waals surface area (Å²) in [7, 11) is 0. The van der Waals surface area contributed by atoms with Crippen molar-refractivity contribution in [1.29, 1.82) is 0 Å². The number of hydrogen-bond donors (Lipinski definition) is 2. The van der Waals surface area contributed by atoms with Crippen LogP contribution in [0.15, 0.2) is 30.3 Å². The van der Waals surface area contributed by atoms with Gasteiger partial charge in [-0.15, -0.1) is 0 Å². The number of aliphatic hydroxyl groups excluding tert-OH is 1. The van der Waals surface area contributed by atoms with Gasteiger partial charge < -0.3 is 10.4 Å². The van der Waals surface area contributed by atoms with Gasteiger partial charge in [0.05, 0.1) is 12.1 Å². The van der Waals surface area contributed by atoms with Gasteiger partial charge in [-0.25, -0.2) is 0 Å². The van der Waals surface area contributed by atoms with Gasteiger partial charge in [-0.2, -0.15) is 0 Å². The van der Waals surface area contributed by atoms with Crippen molar-refractivity contribution in [2.45, 2.75) is 50.7 Å². The normalized spacial score (nSPS) is 24.9. The smallest absolute Gasteiger partial charge is 0.251 e. The summed E-state index contributed by atoms with van der Waals surface area (Å²) in [6.07, 6.45) is 5.79. The predicted molar refractivity (Wildman–Crippen MR) is 71.4 cm³/mol. The Morgan fingerprint density at radius 2 is 1.72 bits per heavy atom. The molecule has 3 nitrogen and oxygen atoms in total. The minimum Gasteiger partial charge on any atom is -0.391 e. The second-order valence-electron chi connectivity index (χ2n) is 5.00. The standard InChI is InChI=1S/C15H21NO2/c17-14-11-7-2-1-6-10-13(14)16-15(18)12-8-4-3-5-9-12/h3-5,8-9,13-14,17H,1-2,6-7,10-11H2,(H,16,18)/t13-,14-/m1/s1. The van der Waals surface area contributed by atoms with E-state index >= 15 is 0 Å². The minimum absolute atomic E-state index is 0.0831. The largest absolute Gasteiger partial charge is 0.391 e. The molecule has 0 radical (unpaired) electrons. The third-order valence-corrected chi connectivity index (χ3v) is 3.58. The van der Waals surface area contributed by atoms with E-state index in [0.29, 0.717) is 5.56 Å². The quantitative estimate of drug-likeness (QED) is 0.843. The number of benzene rings is 1. The summed E-state index contributed by atoms with van der Waals surface area (Å²) in [6.45, 7) is 0. The van der Waals surface area contributed by atoms with Crippen LogP contribution in [0, 0.1) is 0 Å². The average molecular weight is 247 g/mol. The fraction of sp³-hybridized carbons (Fsp3) is 0.533. The van der Waals surface area contributed by atoms with Crippen LogP contribution in [0.3, 0.4) is 0 Å². The van der Waals surface area contributed by atoms with Crippen molar-refractivity contribution in [2.24, 2.45) is 0 Å². The highest BCUT2D eigenvalue weighted by Crippen LogP contribution is 2.18. The first-order valence-corrected chi connectivity index (χ1v) is 6.81. The van der Waals surface area contributed by atoms with E-state index in [2.05, 4.69) is 5.32 Å². The molecule has 0 unspecified atom stereocenters. The molecular weight excluding hydrogens is 226 g/mol. The zero-order valence-electron chi connectivity index (χ0n) is 10.6. The first-order chi connectivity index (χ1) is 8.77. The first-order valence-electron chi connectivity index (χ1n) is 6.81. The van der Waals surface area contributed by atoms with Crippen LogP contribution < -0.4 is 5.32 Å². The van der Waals surface area contributed by atoms with Gasteiger partial charge in [-0.05, 0) is 25.0 Å². The summed E-state index contributed by atoms with van der Waals surface area (Å²) < 4.78 is 0. The third-order valence-electron chi connectivity index (χ3n) is 3.58. The van der Waals surface area contributed by atoms with Gasteiger partial charge in [0.25, 0.3) is 5.91 Å². The number of carbonyl (C=O) groups excluding carboxylic acids is 1. The maximum absolute atomic E-state index is 12.0. The van der Waals surface area contributed by atoms with E-state index in [-0.39, 0.29) is 11.9 Å². The lowest BCUT2D eigenvalue weighted by atomic mass is 9.94. The highest BCUT2D eigenvalue weighted by Gasteiger charge is 2.22. The van der Waals surface area contributed by atoms with Crippen LogP contribution in [0.2, 0.25) is 0 Å². The van der Waals surface area contributed by atoms with Crippen molar-refractivity contribution in [3.05, 3.63) is 35.9 Å². The summed E-state index contributed by atoms with van der Waals surface area (Å²) >= 11 is 0. The number of amides is 1. The van der Waals surface area contributed by atoms with Crippen LogP contribution in [-0.2, 0) is 0 Å². The third kappa shape index (κ3) is 3.57. The molecule has 0 heterocycles. The molecule has 2 atom stereocenters. The molecule has 0 aromatic heterocycles. The highest BCUT2D eigenvalue weighted by molar-refractivity contribution is 5.94. The summed E-state index contributed by atoms with van der Waals surface area (Å²) in [6, 6.07) is 9.09. The van der Waals surface area contributed by atoms with Crippen molar-refractivity contribution >= 4 is 5.91 Å². The molecule has 0 bridgehead atoms. The molecule has 0 spiro atoms. The molecule has 98 valence electrons. The van der Waals surface area contributed by atoms with Crippen LogP contribution >= 0.6 is 0 Å². The van der Waals surface area contributed by atoms with E-state index in [0.717, 1.165) is 25.7 Å². The van der Waals surface area contributed by atoms with Crippen molar-refractivity contribution in [2.75, 3.05) is 0 Å². The van der Waals surface area contributed by atoms with Gasteiger partial charge >= 0.3 is 0 Å². The Bertz CT molecular complexity index is 377. The van der Waals surface area contributed by atoms with Gasteiger partial charge in [-0.1, -0.05) is 43.9 Å². The average Bonchev–Trinajstić information content (AvgIpc) is 2.39. The Labute approximate surface area is 108 Å². The van der Waals surface area contributed by atoms with Crippen molar-refractivity contribution in [3.63, 3.8) is 0 Å². The van der Waals surface area contributed by atoms with Crippen molar-refractivity contribution < 1.29 is 9.90 Å². The van der Waals surface area contributed by atoms with Crippen LogP contribution in [0.25, 0.3) is 0 Å². The van der Waals surface area contributed by atoms with Crippen LogP contribution in [0.1, 0.15) is 48.9 Å². The lowest BCUT2D eigenvalue weighted by Gasteiger charge is -2.26.